The van der Waals surface area contributed by atoms with Crippen LogP contribution in [0, 0.1) is 0 Å². The van der Waals surface area contributed by atoms with E-state index in [-0.39, 0.29) is 0 Å². The molecule has 0 bridgehead atoms. The molecule has 0 radical (unpaired) electrons. The number of hydrogen-bond acceptors (Lipinski definition) is 1. The fourth-order valence-corrected chi connectivity index (χ4v) is 3.13. The molecule has 1 fully saturated rings. The lowest BCUT2D eigenvalue weighted by atomic mass is 9.95. The van der Waals surface area contributed by atoms with Crippen LogP contribution in [0.15, 0.2) is 0 Å². The van der Waals surface area contributed by atoms with Crippen molar-refractivity contribution in [3.8, 4) is 0 Å². The van der Waals surface area contributed by atoms with Gasteiger partial charge in [0.25, 0.3) is 0 Å². The number of hydrogen-bond donors (Lipinski definition) is 1. The van der Waals surface area contributed by atoms with Gasteiger partial charge in [0.15, 0.2) is 0 Å². The van der Waals surface area contributed by atoms with Gasteiger partial charge in [0.05, 0.1) is 4.05 Å². The molecule has 0 aromatic carbocycles. The molecule has 1 aliphatic carbocycles. The van der Waals surface area contributed by atoms with Gasteiger partial charge in [-0.15, -0.1) is 0 Å². The number of rotatable bonds is 6. The normalized spacial score (nSPS) is 21.0. The zero-order valence-electron chi connectivity index (χ0n) is 9.40. The van der Waals surface area contributed by atoms with E-state index in [2.05, 4.69) is 34.8 Å². The second-order valence-electron chi connectivity index (χ2n) is 4.46. The van der Waals surface area contributed by atoms with E-state index in [9.17, 15) is 0 Å². The van der Waals surface area contributed by atoms with E-state index >= 15 is 0 Å². The van der Waals surface area contributed by atoms with Crippen LogP contribution in [0.1, 0.15) is 64.7 Å². The first-order chi connectivity index (χ1) is 6.83. The van der Waals surface area contributed by atoms with Crippen LogP contribution in [-0.2, 0) is 0 Å². The van der Waals surface area contributed by atoms with Crippen LogP contribution in [0.25, 0.3) is 0 Å². The summed E-state index contributed by atoms with van der Waals surface area (Å²) < 4.78 is 0.710. The molecule has 0 aromatic rings. The summed E-state index contributed by atoms with van der Waals surface area (Å²) in [7, 11) is 0. The molecule has 2 heteroatoms. The highest BCUT2D eigenvalue weighted by Crippen LogP contribution is 2.20. The van der Waals surface area contributed by atoms with Crippen molar-refractivity contribution in [2.24, 2.45) is 0 Å². The van der Waals surface area contributed by atoms with E-state index in [4.69, 9.17) is 0 Å². The Balaban J connectivity index is 2.03. The smallest absolute Gasteiger partial charge is 0.0595 e. The molecule has 0 aliphatic heterocycles. The van der Waals surface area contributed by atoms with Gasteiger partial charge < -0.3 is 5.32 Å². The Morgan fingerprint density at radius 2 is 1.93 bits per heavy atom. The number of unbranched alkanes of at least 4 members (excludes halogenated alkanes) is 2. The second kappa shape index (κ2) is 7.91. The van der Waals surface area contributed by atoms with Crippen molar-refractivity contribution in [1.82, 2.24) is 5.32 Å². The Morgan fingerprint density at radius 1 is 1.21 bits per heavy atom. The van der Waals surface area contributed by atoms with Gasteiger partial charge in [-0.25, -0.2) is 0 Å². The summed E-state index contributed by atoms with van der Waals surface area (Å²) in [5, 5.41) is 3.76. The van der Waals surface area contributed by atoms with Crippen LogP contribution in [0.2, 0.25) is 0 Å². The highest BCUT2D eigenvalue weighted by molar-refractivity contribution is 14.1. The summed E-state index contributed by atoms with van der Waals surface area (Å²) in [6, 6.07) is 0.826. The Labute approximate surface area is 103 Å². The predicted octanol–water partition coefficient (Wildman–Crippen LogP) is 4.25. The molecule has 0 aromatic heterocycles. The first-order valence-electron chi connectivity index (χ1n) is 6.23. The van der Waals surface area contributed by atoms with Gasteiger partial charge in [-0.3, -0.25) is 0 Å². The fourth-order valence-electron chi connectivity index (χ4n) is 2.18. The molecule has 84 valence electrons. The van der Waals surface area contributed by atoms with Gasteiger partial charge in [-0.05, 0) is 19.3 Å². The van der Waals surface area contributed by atoms with E-state index in [0.717, 1.165) is 6.04 Å². The van der Waals surface area contributed by atoms with Crippen molar-refractivity contribution in [3.63, 3.8) is 0 Å². The average molecular weight is 309 g/mol. The van der Waals surface area contributed by atoms with Gasteiger partial charge in [0.2, 0.25) is 0 Å². The maximum Gasteiger partial charge on any atom is 0.0595 e. The van der Waals surface area contributed by atoms with Gasteiger partial charge >= 0.3 is 0 Å². The molecule has 1 unspecified atom stereocenters. The van der Waals surface area contributed by atoms with Gasteiger partial charge in [0, 0.05) is 6.04 Å². The van der Waals surface area contributed by atoms with E-state index in [1.54, 1.807) is 0 Å². The fraction of sp³-hybridized carbons (Fsp3) is 1.00. The molecule has 1 aliphatic rings. The van der Waals surface area contributed by atoms with Crippen molar-refractivity contribution >= 4 is 22.6 Å². The summed E-state index contributed by atoms with van der Waals surface area (Å²) in [5.41, 5.74) is 0. The van der Waals surface area contributed by atoms with Crippen molar-refractivity contribution in [3.05, 3.63) is 0 Å². The monoisotopic (exact) mass is 309 g/mol. The number of nitrogens with one attached hydrogen (secondary N) is 1. The highest BCUT2D eigenvalue weighted by atomic mass is 127. The summed E-state index contributed by atoms with van der Waals surface area (Å²) in [5.74, 6) is 0. The minimum atomic E-state index is 0.710. The zero-order chi connectivity index (χ0) is 10.2. The molecule has 1 nitrogen and oxygen atoms in total. The Kier molecular flexibility index (Phi) is 7.21. The summed E-state index contributed by atoms with van der Waals surface area (Å²) in [6.07, 6.45) is 12.6. The minimum Gasteiger partial charge on any atom is -0.303 e. The molecular formula is C12H24IN. The van der Waals surface area contributed by atoms with Crippen LogP contribution >= 0.6 is 22.6 Å². The highest BCUT2D eigenvalue weighted by Gasteiger charge is 2.15. The lowest BCUT2D eigenvalue weighted by Crippen LogP contribution is -2.36. The Hall–Kier alpha value is 0.690. The number of alkyl halides is 1. The Morgan fingerprint density at radius 3 is 2.57 bits per heavy atom. The average Bonchev–Trinajstić information content (AvgIpc) is 2.20. The summed E-state index contributed by atoms with van der Waals surface area (Å²) >= 11 is 2.57. The van der Waals surface area contributed by atoms with E-state index in [1.807, 2.05) is 0 Å². The lowest BCUT2D eigenvalue weighted by Gasteiger charge is -2.25. The SMILES string of the molecule is CCCCCC(I)NC1CCCCC1. The molecule has 0 spiro atoms. The molecule has 1 saturated carbocycles. The molecule has 0 heterocycles. The van der Waals surface area contributed by atoms with Crippen LogP contribution in [0.5, 0.6) is 0 Å². The van der Waals surface area contributed by atoms with E-state index in [1.165, 1.54) is 57.8 Å². The van der Waals surface area contributed by atoms with E-state index < -0.39 is 0 Å². The largest absolute Gasteiger partial charge is 0.303 e. The maximum absolute atomic E-state index is 3.76. The van der Waals surface area contributed by atoms with Gasteiger partial charge in [0.1, 0.15) is 0 Å². The molecule has 0 saturated heterocycles. The van der Waals surface area contributed by atoms with Crippen LogP contribution in [-0.4, -0.2) is 10.1 Å². The first-order valence-corrected chi connectivity index (χ1v) is 7.47. The Bertz CT molecular complexity index is 132. The molecule has 0 amide bonds. The lowest BCUT2D eigenvalue weighted by molar-refractivity contribution is 0.365. The van der Waals surface area contributed by atoms with Crippen LogP contribution in [0.3, 0.4) is 0 Å². The van der Waals surface area contributed by atoms with Crippen molar-refractivity contribution < 1.29 is 0 Å². The predicted molar refractivity (Wildman–Crippen MR) is 72.0 cm³/mol. The van der Waals surface area contributed by atoms with Crippen LogP contribution < -0.4 is 5.32 Å². The summed E-state index contributed by atoms with van der Waals surface area (Å²) in [4.78, 5) is 0. The minimum absolute atomic E-state index is 0.710. The molecule has 1 atom stereocenters. The van der Waals surface area contributed by atoms with Crippen LogP contribution in [0.4, 0.5) is 0 Å². The summed E-state index contributed by atoms with van der Waals surface area (Å²) in [6.45, 7) is 2.27. The first kappa shape index (κ1) is 12.8. The van der Waals surface area contributed by atoms with Gasteiger partial charge in [-0.2, -0.15) is 0 Å². The third kappa shape index (κ3) is 5.54. The van der Waals surface area contributed by atoms with Crippen molar-refractivity contribution in [2.75, 3.05) is 0 Å². The molecule has 14 heavy (non-hydrogen) atoms. The third-order valence-corrected chi connectivity index (χ3v) is 4.07. The quantitative estimate of drug-likeness (QED) is 0.335. The zero-order valence-corrected chi connectivity index (χ0v) is 11.6. The standard InChI is InChI=1S/C12H24IN/c1-2-3-5-10-12(13)14-11-8-6-4-7-9-11/h11-12,14H,2-10H2,1H3. The maximum atomic E-state index is 3.76. The molecular weight excluding hydrogens is 285 g/mol. The number of halogens is 1. The molecule has 1 N–H and O–H groups in total. The molecule has 1 rings (SSSR count). The van der Waals surface area contributed by atoms with Crippen molar-refractivity contribution in [1.29, 1.82) is 0 Å². The topological polar surface area (TPSA) is 12.0 Å². The third-order valence-electron chi connectivity index (χ3n) is 3.08. The second-order valence-corrected chi connectivity index (χ2v) is 5.97. The van der Waals surface area contributed by atoms with Gasteiger partial charge in [-0.1, -0.05) is 68.0 Å². The van der Waals surface area contributed by atoms with Crippen molar-refractivity contribution in [2.45, 2.75) is 74.8 Å². The van der Waals surface area contributed by atoms with E-state index in [0.29, 0.717) is 4.05 Å².